The van der Waals surface area contributed by atoms with Crippen molar-refractivity contribution in [1.82, 2.24) is 20.1 Å². The van der Waals surface area contributed by atoms with Crippen molar-refractivity contribution in [3.8, 4) is 11.3 Å². The topological polar surface area (TPSA) is 95.5 Å². The Morgan fingerprint density at radius 3 is 2.81 bits per heavy atom. The first-order valence-corrected chi connectivity index (χ1v) is 9.01. The molecule has 0 unspecified atom stereocenters. The van der Waals surface area contributed by atoms with Gasteiger partial charge in [-0.2, -0.15) is 5.10 Å². The number of aromatic amines is 1. The summed E-state index contributed by atoms with van der Waals surface area (Å²) >= 11 is 6.18. The molecule has 2 aromatic heterocycles. The van der Waals surface area contributed by atoms with E-state index in [0.29, 0.717) is 27.9 Å². The molecular formula is C18H24ClN7. The largest absolute Gasteiger partial charge is 0.360 e. The number of nitrogens with two attached hydrogens (primary N) is 1. The normalized spacial score (nSPS) is 17.4. The molecule has 0 aliphatic carbocycles. The van der Waals surface area contributed by atoms with Gasteiger partial charge in [-0.25, -0.2) is 9.98 Å². The molecule has 1 saturated heterocycles. The molecule has 1 aliphatic rings. The van der Waals surface area contributed by atoms with Gasteiger partial charge in [0, 0.05) is 24.8 Å². The molecule has 8 heteroatoms. The fourth-order valence-corrected chi connectivity index (χ4v) is 3.32. The fourth-order valence-electron chi connectivity index (χ4n) is 3.11. The Bertz CT molecular complexity index is 819. The average molecular weight is 374 g/mol. The monoisotopic (exact) mass is 373 g/mol. The summed E-state index contributed by atoms with van der Waals surface area (Å²) in [5.74, 6) is 1.49. The van der Waals surface area contributed by atoms with Gasteiger partial charge in [0.1, 0.15) is 22.4 Å². The van der Waals surface area contributed by atoms with E-state index in [2.05, 4.69) is 38.7 Å². The number of aliphatic imine (C=N–C) groups is 2. The Balaban J connectivity index is 1.85. The van der Waals surface area contributed by atoms with Crippen molar-refractivity contribution >= 4 is 35.7 Å². The van der Waals surface area contributed by atoms with Crippen LogP contribution in [0.1, 0.15) is 26.7 Å². The molecule has 3 rings (SSSR count). The number of H-pyrrole nitrogens is 1. The number of piperidine rings is 1. The number of likely N-dealkylation sites (tertiary alicyclic amines) is 1. The van der Waals surface area contributed by atoms with Gasteiger partial charge in [0.2, 0.25) is 0 Å². The van der Waals surface area contributed by atoms with Gasteiger partial charge in [0.05, 0.1) is 0 Å². The number of amidine groups is 1. The maximum Gasteiger partial charge on any atom is 0.176 e. The summed E-state index contributed by atoms with van der Waals surface area (Å²) in [5, 5.41) is 7.64. The number of nitrogens with one attached hydrogen (secondary N) is 1. The van der Waals surface area contributed by atoms with Gasteiger partial charge in [-0.15, -0.1) is 0 Å². The standard InChI is InChI=1S/C18H24ClN7/c1-12(26-9-6-18(2,11-20)7-10-26)23-17-15(21-3)14(24-25-17)13-5-4-8-22-16(13)19/h4-5,8H,3,6-7,9-11,20H2,1-2H3,(H,24,25)/b23-12+. The van der Waals surface area contributed by atoms with Crippen LogP contribution in [0.5, 0.6) is 0 Å². The summed E-state index contributed by atoms with van der Waals surface area (Å²) in [4.78, 5) is 15.2. The zero-order chi connectivity index (χ0) is 18.7. The lowest BCUT2D eigenvalue weighted by Gasteiger charge is -2.39. The van der Waals surface area contributed by atoms with E-state index in [1.54, 1.807) is 12.3 Å². The molecule has 1 fully saturated rings. The van der Waals surface area contributed by atoms with Crippen LogP contribution in [0, 0.1) is 5.41 Å². The summed E-state index contributed by atoms with van der Waals surface area (Å²) < 4.78 is 0. The fraction of sp³-hybridized carbons (Fsp3) is 0.444. The first-order valence-electron chi connectivity index (χ1n) is 8.64. The molecule has 1 aliphatic heterocycles. The first-order chi connectivity index (χ1) is 12.5. The lowest BCUT2D eigenvalue weighted by atomic mass is 9.80. The first kappa shape index (κ1) is 18.5. The van der Waals surface area contributed by atoms with Gasteiger partial charge >= 0.3 is 0 Å². The maximum absolute atomic E-state index is 6.18. The van der Waals surface area contributed by atoms with Crippen molar-refractivity contribution in [2.45, 2.75) is 26.7 Å². The summed E-state index contributed by atoms with van der Waals surface area (Å²) in [5.41, 5.74) is 7.98. The second-order valence-electron chi connectivity index (χ2n) is 6.93. The zero-order valence-electron chi connectivity index (χ0n) is 15.2. The predicted octanol–water partition coefficient (Wildman–Crippen LogP) is 3.57. The van der Waals surface area contributed by atoms with Crippen LogP contribution in [-0.4, -0.2) is 52.3 Å². The molecule has 7 nitrogen and oxygen atoms in total. The number of aromatic nitrogens is 3. The van der Waals surface area contributed by atoms with E-state index in [0.717, 1.165) is 38.3 Å². The predicted molar refractivity (Wildman–Crippen MR) is 107 cm³/mol. The molecule has 0 spiro atoms. The number of rotatable bonds is 4. The number of hydrogen-bond donors (Lipinski definition) is 2. The summed E-state index contributed by atoms with van der Waals surface area (Å²) in [6.45, 7) is 10.5. The molecule has 0 amide bonds. The van der Waals surface area contributed by atoms with Gasteiger partial charge in [-0.05, 0) is 50.6 Å². The zero-order valence-corrected chi connectivity index (χ0v) is 15.9. The Morgan fingerprint density at radius 1 is 1.46 bits per heavy atom. The second kappa shape index (κ2) is 7.55. The van der Waals surface area contributed by atoms with Crippen LogP contribution in [0.4, 0.5) is 11.5 Å². The third-order valence-corrected chi connectivity index (χ3v) is 5.39. The van der Waals surface area contributed by atoms with Gasteiger partial charge in [-0.1, -0.05) is 18.5 Å². The summed E-state index contributed by atoms with van der Waals surface area (Å²) in [6.07, 6.45) is 3.75. The molecular weight excluding hydrogens is 350 g/mol. The van der Waals surface area contributed by atoms with Gasteiger partial charge in [0.25, 0.3) is 0 Å². The highest BCUT2D eigenvalue weighted by Crippen LogP contribution is 2.38. The average Bonchev–Trinajstić information content (AvgIpc) is 3.05. The molecule has 26 heavy (non-hydrogen) atoms. The highest BCUT2D eigenvalue weighted by atomic mass is 35.5. The van der Waals surface area contributed by atoms with Gasteiger partial charge in [0.15, 0.2) is 5.82 Å². The lowest BCUT2D eigenvalue weighted by Crippen LogP contribution is -2.44. The van der Waals surface area contributed by atoms with E-state index >= 15 is 0 Å². The van der Waals surface area contributed by atoms with E-state index in [9.17, 15) is 0 Å². The van der Waals surface area contributed by atoms with E-state index in [4.69, 9.17) is 22.3 Å². The van der Waals surface area contributed by atoms with Crippen LogP contribution in [0.25, 0.3) is 11.3 Å². The van der Waals surface area contributed by atoms with Crippen molar-refractivity contribution in [2.75, 3.05) is 19.6 Å². The number of pyridine rings is 1. The molecule has 0 saturated carbocycles. The minimum Gasteiger partial charge on any atom is -0.360 e. The molecule has 0 bridgehead atoms. The van der Waals surface area contributed by atoms with Crippen LogP contribution < -0.4 is 5.73 Å². The van der Waals surface area contributed by atoms with E-state index in [-0.39, 0.29) is 5.41 Å². The minimum absolute atomic E-state index is 0.225. The number of hydrogen-bond acceptors (Lipinski definition) is 5. The quantitative estimate of drug-likeness (QED) is 0.486. The highest BCUT2D eigenvalue weighted by Gasteiger charge is 2.29. The smallest absolute Gasteiger partial charge is 0.176 e. The van der Waals surface area contributed by atoms with Crippen LogP contribution in [0.3, 0.4) is 0 Å². The van der Waals surface area contributed by atoms with Crippen LogP contribution in [0.15, 0.2) is 28.3 Å². The molecule has 0 radical (unpaired) electrons. The molecule has 0 atom stereocenters. The summed E-state index contributed by atoms with van der Waals surface area (Å²) in [6, 6.07) is 3.65. The Morgan fingerprint density at radius 2 is 2.19 bits per heavy atom. The van der Waals surface area contributed by atoms with Crippen LogP contribution in [-0.2, 0) is 0 Å². The maximum atomic E-state index is 6.18. The van der Waals surface area contributed by atoms with Crippen molar-refractivity contribution in [1.29, 1.82) is 0 Å². The number of halogens is 1. The van der Waals surface area contributed by atoms with Crippen molar-refractivity contribution < 1.29 is 0 Å². The molecule has 3 heterocycles. The third kappa shape index (κ3) is 3.64. The second-order valence-corrected chi connectivity index (χ2v) is 7.29. The van der Waals surface area contributed by atoms with E-state index in [1.165, 1.54) is 0 Å². The summed E-state index contributed by atoms with van der Waals surface area (Å²) in [7, 11) is 0. The van der Waals surface area contributed by atoms with Crippen molar-refractivity contribution in [3.63, 3.8) is 0 Å². The highest BCUT2D eigenvalue weighted by molar-refractivity contribution is 6.32. The van der Waals surface area contributed by atoms with Gasteiger partial charge in [-0.3, -0.25) is 10.1 Å². The SMILES string of the molecule is C=Nc1c(-c2cccnc2Cl)n[nH]c1/N=C(\C)N1CCC(C)(CN)CC1. The van der Waals surface area contributed by atoms with E-state index < -0.39 is 0 Å². The number of nitrogens with zero attached hydrogens (tertiary/aromatic N) is 5. The molecule has 2 aromatic rings. The Hall–Kier alpha value is -2.25. The van der Waals surface area contributed by atoms with Gasteiger partial charge < -0.3 is 10.6 Å². The molecule has 3 N–H and O–H groups in total. The van der Waals surface area contributed by atoms with Crippen molar-refractivity contribution in [2.24, 2.45) is 21.1 Å². The van der Waals surface area contributed by atoms with E-state index in [1.807, 2.05) is 13.0 Å². The lowest BCUT2D eigenvalue weighted by molar-refractivity contribution is 0.175. The van der Waals surface area contributed by atoms with Crippen LogP contribution >= 0.6 is 11.6 Å². The Labute approximate surface area is 158 Å². The third-order valence-electron chi connectivity index (χ3n) is 5.09. The minimum atomic E-state index is 0.225. The molecule has 0 aromatic carbocycles. The molecule has 138 valence electrons. The Kier molecular flexibility index (Phi) is 5.38. The van der Waals surface area contributed by atoms with Crippen LogP contribution in [0.2, 0.25) is 5.15 Å². The van der Waals surface area contributed by atoms with Crippen molar-refractivity contribution in [3.05, 3.63) is 23.5 Å².